The van der Waals surface area contributed by atoms with E-state index in [-0.39, 0.29) is 23.4 Å². The highest BCUT2D eigenvalue weighted by molar-refractivity contribution is 7.89. The van der Waals surface area contributed by atoms with Gasteiger partial charge in [-0.3, -0.25) is 4.79 Å². The van der Waals surface area contributed by atoms with Crippen molar-refractivity contribution < 1.29 is 18.5 Å². The van der Waals surface area contributed by atoms with E-state index in [0.29, 0.717) is 5.69 Å². The average Bonchev–Trinajstić information content (AvgIpc) is 2.72. The number of amides is 1. The third-order valence-electron chi connectivity index (χ3n) is 4.89. The number of carbonyl (C=O) groups excluding carboxylic acids is 1. The summed E-state index contributed by atoms with van der Waals surface area (Å²) in [5, 5.41) is 7.18. The first-order chi connectivity index (χ1) is 13.8. The lowest BCUT2D eigenvalue weighted by Crippen LogP contribution is -2.86. The molecule has 3 aromatic rings. The number of nitrogens with one attached hydrogen (secondary N) is 1. The second-order valence-corrected chi connectivity index (χ2v) is 9.31. The standard InChI is InChI=1S/C22H25N3O3S/c1-16(20-10-6-8-17-7-4-5-9-21(17)20)23-15-22(26)24-18-11-13-19(14-12-18)29(27,28)25(2)3/h4-14,16,23H,15H2,1-3H3,(H,24,26)/p+1/t16-/m1/s1. The molecule has 152 valence electrons. The summed E-state index contributed by atoms with van der Waals surface area (Å²) in [7, 11) is -0.510. The first-order valence-electron chi connectivity index (χ1n) is 9.42. The second-order valence-electron chi connectivity index (χ2n) is 7.16. The number of sulfonamides is 1. The van der Waals surface area contributed by atoms with Crippen LogP contribution in [0.4, 0.5) is 5.69 Å². The number of nitrogens with two attached hydrogens (primary N) is 1. The molecule has 0 fully saturated rings. The first kappa shape index (κ1) is 21.0. The predicted octanol–water partition coefficient (Wildman–Crippen LogP) is 2.35. The van der Waals surface area contributed by atoms with Gasteiger partial charge >= 0.3 is 0 Å². The first-order valence-corrected chi connectivity index (χ1v) is 10.9. The summed E-state index contributed by atoms with van der Waals surface area (Å²) >= 11 is 0. The van der Waals surface area contributed by atoms with Gasteiger partial charge in [-0.25, -0.2) is 12.7 Å². The number of nitrogens with zero attached hydrogens (tertiary/aromatic N) is 1. The number of hydrogen-bond donors (Lipinski definition) is 2. The number of fused-ring (bicyclic) bond motifs is 1. The molecule has 1 amide bonds. The van der Waals surface area contributed by atoms with Crippen LogP contribution in [0.5, 0.6) is 0 Å². The number of anilines is 1. The van der Waals surface area contributed by atoms with E-state index in [1.807, 2.05) is 23.5 Å². The van der Waals surface area contributed by atoms with Crippen molar-refractivity contribution in [3.8, 4) is 0 Å². The molecule has 0 heterocycles. The van der Waals surface area contributed by atoms with Crippen LogP contribution in [-0.4, -0.2) is 39.3 Å². The van der Waals surface area contributed by atoms with Gasteiger partial charge in [0.05, 0.1) is 4.90 Å². The number of rotatable bonds is 7. The Bertz CT molecular complexity index is 1100. The van der Waals surface area contributed by atoms with E-state index in [1.54, 1.807) is 12.1 Å². The van der Waals surface area contributed by atoms with Crippen LogP contribution in [0, 0.1) is 0 Å². The van der Waals surface area contributed by atoms with Gasteiger partial charge in [-0.1, -0.05) is 42.5 Å². The minimum atomic E-state index is -3.48. The summed E-state index contributed by atoms with van der Waals surface area (Å²) in [4.78, 5) is 12.5. The maximum atomic E-state index is 12.3. The number of hydrogen-bond acceptors (Lipinski definition) is 3. The Morgan fingerprint density at radius 3 is 2.34 bits per heavy atom. The van der Waals surface area contributed by atoms with Crippen LogP contribution in [0.15, 0.2) is 71.6 Å². The minimum Gasteiger partial charge on any atom is -0.332 e. The molecule has 0 saturated carbocycles. The SMILES string of the molecule is C[C@@H]([NH2+]CC(=O)Nc1ccc(S(=O)(=O)N(C)C)cc1)c1cccc2ccccc12. The Balaban J connectivity index is 1.61. The van der Waals surface area contributed by atoms with Crippen LogP contribution in [0.2, 0.25) is 0 Å². The lowest BCUT2D eigenvalue weighted by Gasteiger charge is -2.14. The summed E-state index contributed by atoms with van der Waals surface area (Å²) in [5.74, 6) is -0.139. The topological polar surface area (TPSA) is 83.1 Å². The van der Waals surface area contributed by atoms with E-state index in [0.717, 1.165) is 4.31 Å². The number of carbonyl (C=O) groups is 1. The van der Waals surface area contributed by atoms with Crippen LogP contribution in [0.3, 0.4) is 0 Å². The number of benzene rings is 3. The smallest absolute Gasteiger partial charge is 0.279 e. The maximum Gasteiger partial charge on any atom is 0.279 e. The lowest BCUT2D eigenvalue weighted by atomic mass is 10.00. The molecule has 3 N–H and O–H groups in total. The van der Waals surface area contributed by atoms with Gasteiger partial charge < -0.3 is 10.6 Å². The van der Waals surface area contributed by atoms with Crippen molar-refractivity contribution in [1.82, 2.24) is 4.31 Å². The molecule has 0 aliphatic heterocycles. The van der Waals surface area contributed by atoms with Crippen molar-refractivity contribution in [3.05, 3.63) is 72.3 Å². The fourth-order valence-corrected chi connectivity index (χ4v) is 4.09. The molecular formula is C22H26N3O3S+. The van der Waals surface area contributed by atoms with E-state index < -0.39 is 10.0 Å². The van der Waals surface area contributed by atoms with Gasteiger partial charge in [0.2, 0.25) is 10.0 Å². The van der Waals surface area contributed by atoms with Gasteiger partial charge in [0.25, 0.3) is 5.91 Å². The van der Waals surface area contributed by atoms with Crippen LogP contribution >= 0.6 is 0 Å². The lowest BCUT2D eigenvalue weighted by molar-refractivity contribution is -0.682. The van der Waals surface area contributed by atoms with Gasteiger partial charge in [0, 0.05) is 25.3 Å². The van der Waals surface area contributed by atoms with Crippen molar-refractivity contribution in [2.45, 2.75) is 17.9 Å². The van der Waals surface area contributed by atoms with Crippen LogP contribution in [-0.2, 0) is 14.8 Å². The van der Waals surface area contributed by atoms with E-state index in [9.17, 15) is 13.2 Å². The Labute approximate surface area is 171 Å². The Kier molecular flexibility index (Phi) is 6.32. The van der Waals surface area contributed by atoms with Crippen molar-refractivity contribution >= 4 is 32.4 Å². The van der Waals surface area contributed by atoms with Crippen LogP contribution in [0.25, 0.3) is 10.8 Å². The largest absolute Gasteiger partial charge is 0.332 e. The van der Waals surface area contributed by atoms with Gasteiger partial charge in [-0.15, -0.1) is 0 Å². The van der Waals surface area contributed by atoms with Crippen molar-refractivity contribution in [3.63, 3.8) is 0 Å². The molecule has 0 aliphatic rings. The monoisotopic (exact) mass is 412 g/mol. The highest BCUT2D eigenvalue weighted by Gasteiger charge is 2.17. The molecule has 6 nitrogen and oxygen atoms in total. The summed E-state index contributed by atoms with van der Waals surface area (Å²) in [6, 6.07) is 20.7. The van der Waals surface area contributed by atoms with Crippen LogP contribution < -0.4 is 10.6 Å². The van der Waals surface area contributed by atoms with Gasteiger partial charge in [0.1, 0.15) is 6.04 Å². The minimum absolute atomic E-state index is 0.125. The fourth-order valence-electron chi connectivity index (χ4n) is 3.19. The quantitative estimate of drug-likeness (QED) is 0.625. The normalized spacial score (nSPS) is 12.8. The van der Waals surface area contributed by atoms with Crippen molar-refractivity contribution in [1.29, 1.82) is 0 Å². The highest BCUT2D eigenvalue weighted by Crippen LogP contribution is 2.22. The van der Waals surface area contributed by atoms with Gasteiger partial charge in [0.15, 0.2) is 6.54 Å². The summed E-state index contributed by atoms with van der Waals surface area (Å²) < 4.78 is 25.4. The zero-order valence-electron chi connectivity index (χ0n) is 16.8. The molecule has 3 rings (SSSR count). The van der Waals surface area contributed by atoms with Gasteiger partial charge in [-0.05, 0) is 42.0 Å². The molecule has 3 aromatic carbocycles. The third kappa shape index (κ3) is 4.82. The Morgan fingerprint density at radius 1 is 1.00 bits per heavy atom. The molecule has 0 radical (unpaired) electrons. The van der Waals surface area contributed by atoms with Crippen molar-refractivity contribution in [2.24, 2.45) is 0 Å². The molecule has 0 bridgehead atoms. The summed E-state index contributed by atoms with van der Waals surface area (Å²) in [6.45, 7) is 2.35. The van der Waals surface area contributed by atoms with E-state index >= 15 is 0 Å². The zero-order valence-corrected chi connectivity index (χ0v) is 17.6. The maximum absolute atomic E-state index is 12.3. The van der Waals surface area contributed by atoms with E-state index in [2.05, 4.69) is 36.5 Å². The fraction of sp³-hybridized carbons (Fsp3) is 0.227. The Morgan fingerprint density at radius 2 is 1.66 bits per heavy atom. The van der Waals surface area contributed by atoms with Crippen molar-refractivity contribution in [2.75, 3.05) is 26.0 Å². The van der Waals surface area contributed by atoms with E-state index in [4.69, 9.17) is 0 Å². The molecule has 0 unspecified atom stereocenters. The number of quaternary nitrogens is 1. The van der Waals surface area contributed by atoms with Gasteiger partial charge in [-0.2, -0.15) is 0 Å². The Hall–Kier alpha value is -2.74. The zero-order chi connectivity index (χ0) is 21.0. The molecule has 1 atom stereocenters. The highest BCUT2D eigenvalue weighted by atomic mass is 32.2. The molecule has 29 heavy (non-hydrogen) atoms. The third-order valence-corrected chi connectivity index (χ3v) is 6.72. The molecule has 0 aliphatic carbocycles. The summed E-state index contributed by atoms with van der Waals surface area (Å²) in [5.41, 5.74) is 1.76. The molecule has 0 saturated heterocycles. The molecule has 0 aromatic heterocycles. The second kappa shape index (κ2) is 8.73. The average molecular weight is 413 g/mol. The molecular weight excluding hydrogens is 386 g/mol. The van der Waals surface area contributed by atoms with Crippen LogP contribution in [0.1, 0.15) is 18.5 Å². The molecule has 7 heteroatoms. The predicted molar refractivity (Wildman–Crippen MR) is 115 cm³/mol. The van der Waals surface area contributed by atoms with E-state index in [1.165, 1.54) is 42.6 Å². The molecule has 0 spiro atoms. The summed E-state index contributed by atoms with van der Waals surface area (Å²) in [6.07, 6.45) is 0.